The Hall–Kier alpha value is -2.99. The van der Waals surface area contributed by atoms with Gasteiger partial charge in [0.05, 0.1) is 17.6 Å². The number of carbonyl (C=O) groups is 1. The predicted molar refractivity (Wildman–Crippen MR) is 111 cm³/mol. The lowest BCUT2D eigenvalue weighted by Crippen LogP contribution is -2.48. The molecule has 1 fully saturated rings. The van der Waals surface area contributed by atoms with E-state index in [1.54, 1.807) is 12.1 Å². The molecule has 0 spiro atoms. The van der Waals surface area contributed by atoms with Crippen molar-refractivity contribution in [3.8, 4) is 17.1 Å². The molecule has 0 aliphatic carbocycles. The fraction of sp³-hybridized carbons (Fsp3) is 0.318. The number of aromatic hydroxyl groups is 1. The maximum atomic E-state index is 11.7. The van der Waals surface area contributed by atoms with Gasteiger partial charge in [-0.3, -0.25) is 9.69 Å². The fourth-order valence-electron chi connectivity index (χ4n) is 3.56. The van der Waals surface area contributed by atoms with E-state index in [1.807, 2.05) is 43.3 Å². The zero-order valence-corrected chi connectivity index (χ0v) is 16.0. The van der Waals surface area contributed by atoms with Gasteiger partial charge in [-0.25, -0.2) is 9.97 Å². The predicted octanol–water partition coefficient (Wildman–Crippen LogP) is 3.10. The summed E-state index contributed by atoms with van der Waals surface area (Å²) >= 11 is 0. The molecule has 1 aliphatic heterocycles. The van der Waals surface area contributed by atoms with E-state index in [9.17, 15) is 9.90 Å². The van der Waals surface area contributed by atoms with Gasteiger partial charge < -0.3 is 10.0 Å². The van der Waals surface area contributed by atoms with Gasteiger partial charge in [-0.15, -0.1) is 0 Å². The van der Waals surface area contributed by atoms with Crippen molar-refractivity contribution in [2.75, 3.05) is 37.6 Å². The molecule has 1 N–H and O–H groups in total. The van der Waals surface area contributed by atoms with Gasteiger partial charge in [0, 0.05) is 38.0 Å². The van der Waals surface area contributed by atoms with Crippen molar-refractivity contribution in [3.63, 3.8) is 0 Å². The van der Waals surface area contributed by atoms with Crippen LogP contribution in [-0.4, -0.2) is 58.5 Å². The second kappa shape index (κ2) is 7.94. The highest BCUT2D eigenvalue weighted by Crippen LogP contribution is 2.31. The van der Waals surface area contributed by atoms with Crippen LogP contribution in [0.3, 0.4) is 0 Å². The van der Waals surface area contributed by atoms with Gasteiger partial charge in [-0.2, -0.15) is 0 Å². The molecule has 0 bridgehead atoms. The Morgan fingerprint density at radius 1 is 1.00 bits per heavy atom. The van der Waals surface area contributed by atoms with Gasteiger partial charge >= 0.3 is 0 Å². The number of hydrogen-bond acceptors (Lipinski definition) is 6. The number of rotatable bonds is 5. The number of hydrogen-bond donors (Lipinski definition) is 1. The van der Waals surface area contributed by atoms with E-state index in [1.165, 1.54) is 0 Å². The van der Waals surface area contributed by atoms with Gasteiger partial charge in [0.2, 0.25) is 0 Å². The normalized spacial score (nSPS) is 15.1. The summed E-state index contributed by atoms with van der Waals surface area (Å²) in [5.74, 6) is 1.86. The average Bonchev–Trinajstić information content (AvgIpc) is 2.74. The van der Waals surface area contributed by atoms with E-state index >= 15 is 0 Å². The second-order valence-electron chi connectivity index (χ2n) is 7.06. The second-order valence-corrected chi connectivity index (χ2v) is 7.06. The van der Waals surface area contributed by atoms with Crippen molar-refractivity contribution >= 4 is 22.5 Å². The number of carbonyl (C=O) groups excluding carboxylic acids is 1. The van der Waals surface area contributed by atoms with E-state index in [0.29, 0.717) is 24.4 Å². The summed E-state index contributed by atoms with van der Waals surface area (Å²) in [5, 5.41) is 11.2. The molecule has 6 nitrogen and oxygen atoms in total. The van der Waals surface area contributed by atoms with E-state index < -0.39 is 0 Å². The number of Topliss-reactive ketones (excluding diaryl/α,β-unsaturated/α-hetero) is 1. The standard InChI is InChI=1S/C22H24N4O2/c1-2-16(27)15-25-11-13-26(14-12-25)22-17-7-3-5-9-19(17)23-21(24-22)18-8-4-6-10-20(18)28/h3-10,28H,2,11-15H2,1H3. The monoisotopic (exact) mass is 376 g/mol. The first-order chi connectivity index (χ1) is 13.7. The van der Waals surface area contributed by atoms with Crippen molar-refractivity contribution in [1.82, 2.24) is 14.9 Å². The highest BCUT2D eigenvalue weighted by molar-refractivity contribution is 5.91. The SMILES string of the molecule is CCC(=O)CN1CCN(c2nc(-c3ccccc3O)nc3ccccc23)CC1. The number of para-hydroxylation sites is 2. The lowest BCUT2D eigenvalue weighted by Gasteiger charge is -2.35. The third kappa shape index (κ3) is 3.68. The minimum atomic E-state index is 0.173. The summed E-state index contributed by atoms with van der Waals surface area (Å²) < 4.78 is 0. The fourth-order valence-corrected chi connectivity index (χ4v) is 3.56. The van der Waals surface area contributed by atoms with E-state index in [4.69, 9.17) is 4.98 Å². The topological polar surface area (TPSA) is 69.6 Å². The van der Waals surface area contributed by atoms with Crippen LogP contribution in [0.4, 0.5) is 5.82 Å². The summed E-state index contributed by atoms with van der Waals surface area (Å²) in [6.45, 7) is 5.70. The molecule has 1 aliphatic rings. The van der Waals surface area contributed by atoms with Gasteiger partial charge in [0.15, 0.2) is 5.82 Å². The summed E-state index contributed by atoms with van der Waals surface area (Å²) in [4.78, 5) is 25.7. The number of ketones is 1. The van der Waals surface area contributed by atoms with Gasteiger partial charge in [-0.05, 0) is 24.3 Å². The van der Waals surface area contributed by atoms with Gasteiger partial charge in [-0.1, -0.05) is 31.2 Å². The molecule has 0 amide bonds. The average molecular weight is 376 g/mol. The molecule has 2 heterocycles. The number of benzene rings is 2. The Kier molecular flexibility index (Phi) is 5.21. The molecule has 0 atom stereocenters. The maximum absolute atomic E-state index is 11.7. The molecule has 1 saturated heterocycles. The molecule has 2 aromatic carbocycles. The molecule has 1 aromatic heterocycles. The first-order valence-corrected chi connectivity index (χ1v) is 9.70. The lowest BCUT2D eigenvalue weighted by atomic mass is 10.1. The number of fused-ring (bicyclic) bond motifs is 1. The number of phenols is 1. The number of nitrogens with zero attached hydrogens (tertiary/aromatic N) is 4. The van der Waals surface area contributed by atoms with Crippen molar-refractivity contribution in [2.45, 2.75) is 13.3 Å². The van der Waals surface area contributed by atoms with Crippen molar-refractivity contribution < 1.29 is 9.90 Å². The summed E-state index contributed by atoms with van der Waals surface area (Å²) in [7, 11) is 0. The number of aromatic nitrogens is 2. The molecule has 4 rings (SSSR count). The van der Waals surface area contributed by atoms with Gasteiger partial charge in [0.25, 0.3) is 0 Å². The first-order valence-electron chi connectivity index (χ1n) is 9.70. The third-order valence-corrected chi connectivity index (χ3v) is 5.19. The molecule has 28 heavy (non-hydrogen) atoms. The van der Waals surface area contributed by atoms with Crippen LogP contribution in [0.2, 0.25) is 0 Å². The van der Waals surface area contributed by atoms with E-state index in [-0.39, 0.29) is 11.5 Å². The van der Waals surface area contributed by atoms with Crippen LogP contribution in [0, 0.1) is 0 Å². The van der Waals surface area contributed by atoms with Gasteiger partial charge in [0.1, 0.15) is 17.4 Å². The van der Waals surface area contributed by atoms with Crippen LogP contribution in [0.5, 0.6) is 5.75 Å². The Morgan fingerprint density at radius 2 is 1.71 bits per heavy atom. The molecule has 0 radical (unpaired) electrons. The lowest BCUT2D eigenvalue weighted by molar-refractivity contribution is -0.119. The van der Waals surface area contributed by atoms with Crippen molar-refractivity contribution in [2.24, 2.45) is 0 Å². The maximum Gasteiger partial charge on any atom is 0.165 e. The molecule has 144 valence electrons. The van der Waals surface area contributed by atoms with Crippen LogP contribution < -0.4 is 4.90 Å². The Labute approximate surface area is 164 Å². The number of anilines is 1. The zero-order chi connectivity index (χ0) is 19.5. The quantitative estimate of drug-likeness (QED) is 0.738. The smallest absolute Gasteiger partial charge is 0.165 e. The third-order valence-electron chi connectivity index (χ3n) is 5.19. The highest BCUT2D eigenvalue weighted by Gasteiger charge is 2.22. The Balaban J connectivity index is 1.67. The molecule has 6 heteroatoms. The van der Waals surface area contributed by atoms with Crippen LogP contribution in [-0.2, 0) is 4.79 Å². The number of piperazine rings is 1. The summed E-state index contributed by atoms with van der Waals surface area (Å²) in [6.07, 6.45) is 0.584. The summed E-state index contributed by atoms with van der Waals surface area (Å²) in [5.41, 5.74) is 1.48. The van der Waals surface area contributed by atoms with Crippen LogP contribution in [0.1, 0.15) is 13.3 Å². The number of phenolic OH excluding ortho intramolecular Hbond substituents is 1. The Morgan fingerprint density at radius 3 is 2.46 bits per heavy atom. The summed E-state index contributed by atoms with van der Waals surface area (Å²) in [6, 6.07) is 15.1. The van der Waals surface area contributed by atoms with Crippen LogP contribution in [0.25, 0.3) is 22.3 Å². The highest BCUT2D eigenvalue weighted by atomic mass is 16.3. The zero-order valence-electron chi connectivity index (χ0n) is 16.0. The molecular weight excluding hydrogens is 352 g/mol. The minimum Gasteiger partial charge on any atom is -0.507 e. The first kappa shape index (κ1) is 18.4. The largest absolute Gasteiger partial charge is 0.507 e. The Bertz CT molecular complexity index is 997. The van der Waals surface area contributed by atoms with Crippen LogP contribution in [0.15, 0.2) is 48.5 Å². The molecule has 0 unspecified atom stereocenters. The van der Waals surface area contributed by atoms with E-state index in [0.717, 1.165) is 42.9 Å². The van der Waals surface area contributed by atoms with E-state index in [2.05, 4.69) is 14.8 Å². The van der Waals surface area contributed by atoms with Crippen LogP contribution >= 0.6 is 0 Å². The molecule has 3 aromatic rings. The molecule has 0 saturated carbocycles. The van der Waals surface area contributed by atoms with Crippen molar-refractivity contribution in [1.29, 1.82) is 0 Å². The molecular formula is C22H24N4O2. The minimum absolute atomic E-state index is 0.173. The van der Waals surface area contributed by atoms with Crippen molar-refractivity contribution in [3.05, 3.63) is 48.5 Å².